The van der Waals surface area contributed by atoms with E-state index in [1.807, 2.05) is 6.92 Å². The number of aromatic hydroxyl groups is 2. The molecule has 1 aliphatic rings. The van der Waals surface area contributed by atoms with E-state index in [-0.39, 0.29) is 41.4 Å². The Labute approximate surface area is 116 Å². The van der Waals surface area contributed by atoms with Crippen LogP contribution in [0.3, 0.4) is 0 Å². The first-order chi connectivity index (χ1) is 9.45. The van der Waals surface area contributed by atoms with Gasteiger partial charge in [0.25, 0.3) is 5.91 Å². The summed E-state index contributed by atoms with van der Waals surface area (Å²) in [4.78, 5) is 25.4. The average molecular weight is 279 g/mol. The second kappa shape index (κ2) is 5.40. The van der Waals surface area contributed by atoms with Crippen molar-refractivity contribution >= 4 is 11.9 Å². The van der Waals surface area contributed by atoms with Gasteiger partial charge in [-0.15, -0.1) is 0 Å². The molecule has 2 unspecified atom stereocenters. The summed E-state index contributed by atoms with van der Waals surface area (Å²) in [6, 6.07) is 4.12. The van der Waals surface area contributed by atoms with E-state index in [1.165, 1.54) is 30.2 Å². The molecule has 0 spiro atoms. The molecule has 0 radical (unpaired) electrons. The van der Waals surface area contributed by atoms with Crippen LogP contribution in [0, 0.1) is 11.8 Å². The fourth-order valence-corrected chi connectivity index (χ4v) is 2.50. The molecule has 20 heavy (non-hydrogen) atoms. The molecular weight excluding hydrogens is 262 g/mol. The number of amides is 1. The minimum atomic E-state index is -0.487. The van der Waals surface area contributed by atoms with Crippen LogP contribution in [0.25, 0.3) is 0 Å². The lowest BCUT2D eigenvalue weighted by molar-refractivity contribution is -0.146. The number of carbonyl (C=O) groups is 2. The van der Waals surface area contributed by atoms with Crippen LogP contribution in [0.15, 0.2) is 18.2 Å². The summed E-state index contributed by atoms with van der Waals surface area (Å²) in [6.45, 7) is 2.46. The summed E-state index contributed by atoms with van der Waals surface area (Å²) in [7, 11) is 1.31. The number of esters is 1. The first kappa shape index (κ1) is 14.2. The number of rotatable bonds is 2. The van der Waals surface area contributed by atoms with E-state index in [0.29, 0.717) is 6.54 Å². The van der Waals surface area contributed by atoms with E-state index in [0.717, 1.165) is 0 Å². The summed E-state index contributed by atoms with van der Waals surface area (Å²) in [5.41, 5.74) is -0.134. The van der Waals surface area contributed by atoms with Crippen molar-refractivity contribution in [3.05, 3.63) is 23.8 Å². The van der Waals surface area contributed by atoms with Gasteiger partial charge in [-0.25, -0.2) is 0 Å². The van der Waals surface area contributed by atoms with Crippen LogP contribution >= 0.6 is 0 Å². The van der Waals surface area contributed by atoms with Gasteiger partial charge in [0.2, 0.25) is 0 Å². The quantitative estimate of drug-likeness (QED) is 0.788. The van der Waals surface area contributed by atoms with Gasteiger partial charge < -0.3 is 19.8 Å². The normalized spacial score (nSPS) is 21.8. The number of hydrogen-bond donors (Lipinski definition) is 2. The second-order valence-corrected chi connectivity index (χ2v) is 4.99. The topological polar surface area (TPSA) is 87.1 Å². The van der Waals surface area contributed by atoms with Crippen molar-refractivity contribution in [3.63, 3.8) is 0 Å². The maximum Gasteiger partial charge on any atom is 0.310 e. The molecule has 1 fully saturated rings. The molecule has 0 bridgehead atoms. The summed E-state index contributed by atoms with van der Waals surface area (Å²) in [5, 5.41) is 19.4. The van der Waals surface area contributed by atoms with Gasteiger partial charge in [0.1, 0.15) is 17.1 Å². The Hall–Kier alpha value is -2.24. The number of likely N-dealkylation sites (tertiary alicyclic amines) is 1. The zero-order valence-electron chi connectivity index (χ0n) is 11.4. The van der Waals surface area contributed by atoms with E-state index in [4.69, 9.17) is 4.74 Å². The van der Waals surface area contributed by atoms with E-state index >= 15 is 0 Å². The molecule has 108 valence electrons. The molecule has 0 aromatic heterocycles. The molecule has 6 nitrogen and oxygen atoms in total. The fourth-order valence-electron chi connectivity index (χ4n) is 2.50. The molecule has 1 aromatic rings. The maximum absolute atomic E-state index is 12.3. The van der Waals surface area contributed by atoms with Crippen molar-refractivity contribution < 1.29 is 24.5 Å². The van der Waals surface area contributed by atoms with Gasteiger partial charge >= 0.3 is 5.97 Å². The van der Waals surface area contributed by atoms with E-state index < -0.39 is 5.91 Å². The third-order valence-electron chi connectivity index (χ3n) is 3.64. The second-order valence-electron chi connectivity index (χ2n) is 4.99. The molecule has 2 rings (SSSR count). The number of methoxy groups -OCH3 is 1. The smallest absolute Gasteiger partial charge is 0.310 e. The van der Waals surface area contributed by atoms with Crippen LogP contribution in [0.5, 0.6) is 11.5 Å². The monoisotopic (exact) mass is 279 g/mol. The first-order valence-electron chi connectivity index (χ1n) is 6.33. The van der Waals surface area contributed by atoms with Gasteiger partial charge in [0.15, 0.2) is 0 Å². The molecule has 0 aliphatic carbocycles. The Balaban J connectivity index is 2.22. The SMILES string of the molecule is COC(=O)C1CN(C(=O)c2c(O)cccc2O)CC1C. The predicted octanol–water partition coefficient (Wildman–Crippen LogP) is 0.979. The highest BCUT2D eigenvalue weighted by atomic mass is 16.5. The third kappa shape index (κ3) is 2.41. The molecule has 1 heterocycles. The van der Waals surface area contributed by atoms with Crippen LogP contribution in [0.4, 0.5) is 0 Å². The first-order valence-corrected chi connectivity index (χ1v) is 6.33. The molecule has 1 saturated heterocycles. The Morgan fingerprint density at radius 2 is 1.85 bits per heavy atom. The fraction of sp³-hybridized carbons (Fsp3) is 0.429. The van der Waals surface area contributed by atoms with Gasteiger partial charge in [0, 0.05) is 13.1 Å². The summed E-state index contributed by atoms with van der Waals surface area (Å²) < 4.78 is 4.71. The van der Waals surface area contributed by atoms with Crippen LogP contribution in [0.2, 0.25) is 0 Å². The van der Waals surface area contributed by atoms with Gasteiger partial charge in [-0.2, -0.15) is 0 Å². The predicted molar refractivity (Wildman–Crippen MR) is 70.3 cm³/mol. The van der Waals surface area contributed by atoms with Crippen molar-refractivity contribution in [2.45, 2.75) is 6.92 Å². The Bertz CT molecular complexity index is 522. The lowest BCUT2D eigenvalue weighted by Crippen LogP contribution is -2.30. The van der Waals surface area contributed by atoms with Gasteiger partial charge in [-0.3, -0.25) is 9.59 Å². The highest BCUT2D eigenvalue weighted by molar-refractivity contribution is 5.99. The molecule has 0 saturated carbocycles. The number of benzene rings is 1. The van der Waals surface area contributed by atoms with Crippen LogP contribution in [-0.2, 0) is 9.53 Å². The summed E-state index contributed by atoms with van der Waals surface area (Å²) in [6.07, 6.45) is 0. The summed E-state index contributed by atoms with van der Waals surface area (Å²) in [5.74, 6) is -1.79. The van der Waals surface area contributed by atoms with Crippen molar-refractivity contribution in [2.75, 3.05) is 20.2 Å². The molecule has 2 atom stereocenters. The Morgan fingerprint density at radius 1 is 1.25 bits per heavy atom. The molecule has 1 amide bonds. The number of hydrogen-bond acceptors (Lipinski definition) is 5. The average Bonchev–Trinajstić information content (AvgIpc) is 2.79. The number of nitrogens with zero attached hydrogens (tertiary/aromatic N) is 1. The largest absolute Gasteiger partial charge is 0.507 e. The highest BCUT2D eigenvalue weighted by Gasteiger charge is 2.38. The Kier molecular flexibility index (Phi) is 3.83. The summed E-state index contributed by atoms with van der Waals surface area (Å²) >= 11 is 0. The number of phenols is 2. The molecule has 1 aliphatic heterocycles. The third-order valence-corrected chi connectivity index (χ3v) is 3.64. The molecule has 2 N–H and O–H groups in total. The van der Waals surface area contributed by atoms with Gasteiger partial charge in [-0.1, -0.05) is 13.0 Å². The minimum Gasteiger partial charge on any atom is -0.507 e. The van der Waals surface area contributed by atoms with E-state index in [1.54, 1.807) is 0 Å². The van der Waals surface area contributed by atoms with Gasteiger partial charge in [-0.05, 0) is 18.1 Å². The zero-order valence-corrected chi connectivity index (χ0v) is 11.4. The standard InChI is InChI=1S/C14H17NO5/c1-8-6-15(7-9(8)14(19)20-2)13(18)12-10(16)4-3-5-11(12)17/h3-5,8-9,16-17H,6-7H2,1-2H3. The lowest BCUT2D eigenvalue weighted by Gasteiger charge is -2.17. The molecule has 6 heteroatoms. The number of carbonyl (C=O) groups excluding carboxylic acids is 2. The van der Waals surface area contributed by atoms with E-state index in [9.17, 15) is 19.8 Å². The zero-order chi connectivity index (χ0) is 14.9. The van der Waals surface area contributed by atoms with Crippen molar-refractivity contribution in [1.29, 1.82) is 0 Å². The maximum atomic E-state index is 12.3. The van der Waals surface area contributed by atoms with Crippen LogP contribution < -0.4 is 0 Å². The molecule has 1 aromatic carbocycles. The highest BCUT2D eigenvalue weighted by Crippen LogP contribution is 2.31. The lowest BCUT2D eigenvalue weighted by atomic mass is 9.99. The molecular formula is C14H17NO5. The van der Waals surface area contributed by atoms with Crippen molar-refractivity contribution in [3.8, 4) is 11.5 Å². The number of ether oxygens (including phenoxy) is 1. The van der Waals surface area contributed by atoms with Crippen LogP contribution in [0.1, 0.15) is 17.3 Å². The van der Waals surface area contributed by atoms with E-state index in [2.05, 4.69) is 0 Å². The minimum absolute atomic E-state index is 0.0283. The van der Waals surface area contributed by atoms with Crippen LogP contribution in [-0.4, -0.2) is 47.2 Å². The van der Waals surface area contributed by atoms with Gasteiger partial charge in [0.05, 0.1) is 13.0 Å². The van der Waals surface area contributed by atoms with Crippen molar-refractivity contribution in [1.82, 2.24) is 4.90 Å². The Morgan fingerprint density at radius 3 is 2.40 bits per heavy atom. The van der Waals surface area contributed by atoms with Crippen molar-refractivity contribution in [2.24, 2.45) is 11.8 Å². The number of phenolic OH excluding ortho intramolecular Hbond substituents is 2.